The smallest absolute Gasteiger partial charge is 0.478 e. The number of amides is 1. The molecule has 37 heteroatoms. The van der Waals surface area contributed by atoms with Gasteiger partial charge in [-0.25, -0.2) is 37.8 Å². The van der Waals surface area contributed by atoms with Gasteiger partial charge in [0.1, 0.15) is 60.7 Å². The topological polar surface area (TPSA) is 397 Å². The summed E-state index contributed by atoms with van der Waals surface area (Å²) < 4.78 is 99.5. The van der Waals surface area contributed by atoms with E-state index in [0.29, 0.717) is 84.9 Å². The molecule has 0 aliphatic carbocycles. The number of fused-ring (bicyclic) bond motifs is 5. The molecule has 1 saturated heterocycles. The zero-order valence-corrected chi connectivity index (χ0v) is 65.7. The van der Waals surface area contributed by atoms with Gasteiger partial charge >= 0.3 is 41.5 Å². The highest BCUT2D eigenvalue weighted by atomic mass is 33.1. The molecule has 6 aliphatic rings. The number of nitrogen functional groups attached to an aromatic ring is 1. The molecule has 0 radical (unpaired) electrons. The van der Waals surface area contributed by atoms with Crippen molar-refractivity contribution in [3.05, 3.63) is 104 Å². The summed E-state index contributed by atoms with van der Waals surface area (Å²) in [7, 11) is -14.3. The van der Waals surface area contributed by atoms with Crippen molar-refractivity contribution in [1.29, 1.82) is 0 Å². The molecule has 3 aromatic carbocycles. The first-order valence-electron chi connectivity index (χ1n) is 35.7. The normalized spacial score (nSPS) is 18.5. The van der Waals surface area contributed by atoms with Gasteiger partial charge in [-0.2, -0.15) is 8.62 Å². The van der Waals surface area contributed by atoms with Crippen molar-refractivity contribution in [2.24, 2.45) is 0 Å². The van der Waals surface area contributed by atoms with E-state index in [9.17, 15) is 47.8 Å². The SMILES string of the molecule is C.CCS(=S)CO[C@H]1C[C@H](n2cc(C#CCCC(=O)OCCCCOCSSC(C)(C)CCOC(=O)NCCOCCOCCCC(=O)c3ccc(C(=O)O)c(C4=c5cc6c7c(c5Oc5c4cc4c8c5CCCN8CCC4)CCC[N+]=7CCC6)c3)c3c(N)ncnc32)O[C@@H]1COP(=O)(O)OP(=O)(O)OP(=O)(O)O. The molecule has 8 N–H and O–H groups in total. The van der Waals surface area contributed by atoms with Gasteiger partial charge in [-0.15, -0.1) is 0 Å². The van der Waals surface area contributed by atoms with Crippen molar-refractivity contribution in [2.45, 2.75) is 154 Å². The van der Waals surface area contributed by atoms with Gasteiger partial charge in [0.25, 0.3) is 0 Å². The number of phosphoric ester groups is 1. The van der Waals surface area contributed by atoms with Crippen LogP contribution in [0.15, 0.2) is 42.9 Å². The molecule has 590 valence electrons. The van der Waals surface area contributed by atoms with Gasteiger partial charge in [0.05, 0.1) is 80.2 Å². The number of hydrogen-bond donors (Lipinski definition) is 7. The maximum atomic E-state index is 14.0. The number of nitrogens with two attached hydrogens (primary N) is 1. The van der Waals surface area contributed by atoms with Gasteiger partial charge < -0.3 is 83.1 Å². The number of unbranched alkanes of at least 4 members (excludes halogenated alkanes) is 1. The second kappa shape index (κ2) is 38.7. The monoisotopic (exact) mass is 1630 g/mol. The Labute approximate surface area is 641 Å². The Morgan fingerprint density at radius 1 is 0.843 bits per heavy atom. The van der Waals surface area contributed by atoms with Gasteiger partial charge in [0.15, 0.2) is 5.78 Å². The molecule has 0 bridgehead atoms. The number of anilines is 2. The number of alkyl carbamates (subject to hydrolysis) is 1. The highest BCUT2D eigenvalue weighted by Gasteiger charge is 2.45. The van der Waals surface area contributed by atoms with Gasteiger partial charge in [-0.1, -0.05) is 63.3 Å². The van der Waals surface area contributed by atoms with E-state index in [4.69, 9.17) is 69.1 Å². The highest BCUT2D eigenvalue weighted by molar-refractivity contribution is 8.77. The van der Waals surface area contributed by atoms with Crippen LogP contribution in [-0.2, 0) is 111 Å². The van der Waals surface area contributed by atoms with E-state index in [0.717, 1.165) is 105 Å². The van der Waals surface area contributed by atoms with Crippen LogP contribution >= 0.6 is 45.1 Å². The average Bonchev–Trinajstić information content (AvgIpc) is 0.864. The molecular formula is C71H95N7O23P3S4+. The van der Waals surface area contributed by atoms with Crippen molar-refractivity contribution >= 4 is 118 Å². The minimum Gasteiger partial charge on any atom is -0.478 e. The molecule has 0 spiro atoms. The molecule has 30 nitrogen and oxygen atoms in total. The summed E-state index contributed by atoms with van der Waals surface area (Å²) in [5, 5.41) is 16.1. The fourth-order valence-electron chi connectivity index (χ4n) is 13.9. The number of nitrogens with zero attached hydrogens (tertiary/aromatic N) is 5. The van der Waals surface area contributed by atoms with E-state index in [1.165, 1.54) is 39.6 Å². The Bertz CT molecular complexity index is 4510. The molecule has 6 aliphatic heterocycles. The minimum atomic E-state index is -5.77. The van der Waals surface area contributed by atoms with E-state index in [-0.39, 0.29) is 93.9 Å². The number of ether oxygens (including phenoxy) is 8. The summed E-state index contributed by atoms with van der Waals surface area (Å²) in [4.78, 5) is 101. The largest absolute Gasteiger partial charge is 0.490 e. The number of aromatic nitrogens is 3. The molecule has 3 unspecified atom stereocenters. The number of aromatic carboxylic acids is 1. The number of aryl methyl sites for hydroxylation is 2. The van der Waals surface area contributed by atoms with Crippen molar-refractivity contribution < 1.29 is 109 Å². The number of benzene rings is 3. The van der Waals surface area contributed by atoms with Crippen molar-refractivity contribution in [1.82, 2.24) is 24.4 Å². The minimum absolute atomic E-state index is 0. The molecule has 6 atom stereocenters. The lowest BCUT2D eigenvalue weighted by molar-refractivity contribution is -0.143. The maximum absolute atomic E-state index is 14.0. The second-order valence-corrected chi connectivity index (χ2v) is 37.4. The summed E-state index contributed by atoms with van der Waals surface area (Å²) in [6, 6.07) is 9.50. The van der Waals surface area contributed by atoms with Gasteiger partial charge in [-0.3, -0.25) is 14.1 Å². The van der Waals surface area contributed by atoms with E-state index >= 15 is 0 Å². The zero-order valence-electron chi connectivity index (χ0n) is 59.8. The van der Waals surface area contributed by atoms with Crippen molar-refractivity contribution in [2.75, 3.05) is 114 Å². The molecule has 11 rings (SSSR count). The Kier molecular flexibility index (Phi) is 30.3. The fourth-order valence-corrected chi connectivity index (χ4v) is 19.9. The summed E-state index contributed by atoms with van der Waals surface area (Å²) >= 11 is 5.41. The summed E-state index contributed by atoms with van der Waals surface area (Å²) in [6.07, 6.45) is 10.0. The third kappa shape index (κ3) is 22.3. The number of rotatable bonds is 39. The second-order valence-electron chi connectivity index (χ2n) is 26.9. The number of carboxylic acids is 1. The number of Topliss-reactive ketones (excluding diaryl/α,β-unsaturated/α-hetero) is 1. The predicted octanol–water partition coefficient (Wildman–Crippen LogP) is 9.26. The first kappa shape index (κ1) is 84.7. The Hall–Kier alpha value is -5.73. The lowest BCUT2D eigenvalue weighted by Crippen LogP contribution is -2.45. The predicted molar refractivity (Wildman–Crippen MR) is 411 cm³/mol. The fraction of sp³-hybridized carbons (Fsp3) is 0.563. The van der Waals surface area contributed by atoms with Crippen LogP contribution in [0.2, 0.25) is 0 Å². The Morgan fingerprint density at radius 3 is 2.36 bits per heavy atom. The molecule has 8 heterocycles. The summed E-state index contributed by atoms with van der Waals surface area (Å²) in [5.74, 6) is 7.30. The third-order valence-electron chi connectivity index (χ3n) is 18.8. The van der Waals surface area contributed by atoms with E-state index in [1.807, 2.05) is 6.92 Å². The molecule has 5 aromatic rings. The van der Waals surface area contributed by atoms with E-state index in [1.54, 1.807) is 50.6 Å². The number of esters is 1. The maximum Gasteiger partial charge on any atom is 0.490 e. The molecule has 1 amide bonds. The van der Waals surface area contributed by atoms with Crippen molar-refractivity contribution in [3.63, 3.8) is 0 Å². The number of phosphoric acid groups is 3. The lowest BCUT2D eigenvalue weighted by atomic mass is 9.81. The highest BCUT2D eigenvalue weighted by Crippen LogP contribution is 2.66. The van der Waals surface area contributed by atoms with E-state index < -0.39 is 76.0 Å². The van der Waals surface area contributed by atoms with Crippen LogP contribution in [0, 0.1) is 11.8 Å². The van der Waals surface area contributed by atoms with Gasteiger partial charge in [-0.05, 0) is 130 Å². The van der Waals surface area contributed by atoms with Crippen LogP contribution in [0.25, 0.3) is 16.6 Å². The van der Waals surface area contributed by atoms with Crippen LogP contribution in [0.1, 0.15) is 171 Å². The average molecular weight is 1640 g/mol. The Morgan fingerprint density at radius 2 is 1.58 bits per heavy atom. The van der Waals surface area contributed by atoms with Crippen LogP contribution in [-0.4, -0.2) is 183 Å². The quantitative estimate of drug-likeness (QED) is 0.00276. The lowest BCUT2D eigenvalue weighted by Gasteiger charge is -2.39. The molecule has 108 heavy (non-hydrogen) atoms. The molecule has 0 saturated carbocycles. The van der Waals surface area contributed by atoms with Gasteiger partial charge in [0.2, 0.25) is 5.36 Å². The third-order valence-corrected chi connectivity index (χ3v) is 27.6. The zero-order chi connectivity index (χ0) is 76.0. The van der Waals surface area contributed by atoms with Crippen LogP contribution < -0.4 is 35.8 Å². The molecular weight excluding hydrogens is 1540 g/mol. The first-order valence-corrected chi connectivity index (χ1v) is 45.0. The summed E-state index contributed by atoms with van der Waals surface area (Å²) in [5.41, 5.74) is 16.1. The molecule has 2 aromatic heterocycles. The van der Waals surface area contributed by atoms with Crippen LogP contribution in [0.4, 0.5) is 16.3 Å². The number of carbonyl (C=O) groups excluding carboxylic acids is 3. The van der Waals surface area contributed by atoms with Crippen LogP contribution in [0.5, 0.6) is 11.5 Å². The number of carboxylic acid groups (broad SMARTS) is 1. The number of carbonyl (C=O) groups is 4. The van der Waals surface area contributed by atoms with Crippen LogP contribution in [0.3, 0.4) is 0 Å². The first-order chi connectivity index (χ1) is 51.3. The van der Waals surface area contributed by atoms with E-state index in [2.05, 4.69) is 71.2 Å². The Balaban J connectivity index is 0.0000124. The number of ketones is 1. The standard InChI is InChI=1S/C70H90N7O23P3S4.CH4/c1-4-107(104)44-95-56-39-58(97-57(56)41-96-102(86,87)100-103(88,89)99-101(83,84)85)77-40-48(60-66(71)73-42-74-67(60)77)14-5-6-20-59(79)93-31-8-7-29-92-43-105-106-70(2,3)23-32-94-69(82)72-24-33-91-35-34-90-30-13-19-55(78)45-21-22-49(68(80)81)52(36-45)61-53-37-46-15-9-25-75-27-11-17-50(62(46)75)64(53)98-65-51-18-12-28-76-26-10-16-47(63(51)76)38-54(61)65;/h21-22,36-38,40,42,56-58H,4,6-13,15-20,23-35,39,41,43-44H2,1-3H3,(H7-,71,72,73,74,80,81,82,83,84,85,86,87,88,89);1H4/p+1/t56-,57+,58+,107?;/m0./s1. The van der Waals surface area contributed by atoms with Crippen molar-refractivity contribution in [3.8, 4) is 23.3 Å². The number of hydrogen-bond acceptors (Lipinski definition) is 25. The van der Waals surface area contributed by atoms with Gasteiger partial charge in [0, 0.05) is 115 Å². The number of nitrogens with one attached hydrogen (secondary N) is 1. The molecule has 1 fully saturated rings. The summed E-state index contributed by atoms with van der Waals surface area (Å²) in [6.45, 7) is 11.5.